The highest BCUT2D eigenvalue weighted by molar-refractivity contribution is 7.55. The van der Waals surface area contributed by atoms with Gasteiger partial charge in [-0.3, -0.25) is 9.36 Å². The maximum absolute atomic E-state index is 13.2. The monoisotopic (exact) mass is 367 g/mol. The molecule has 0 spiro atoms. The Kier molecular flexibility index (Phi) is 6.82. The van der Waals surface area contributed by atoms with E-state index in [1.807, 2.05) is 31.3 Å². The number of aryl methyl sites for hydroxylation is 1. The third kappa shape index (κ3) is 4.51. The lowest BCUT2D eigenvalue weighted by Gasteiger charge is -2.24. The van der Waals surface area contributed by atoms with Gasteiger partial charge in [0.05, 0.1) is 19.8 Å². The van der Waals surface area contributed by atoms with Gasteiger partial charge in [-0.15, -0.1) is 0 Å². The van der Waals surface area contributed by atoms with Crippen LogP contribution in [0.3, 0.4) is 0 Å². The Morgan fingerprint density at radius 1 is 1.16 bits per heavy atom. The van der Waals surface area contributed by atoms with Crippen molar-refractivity contribution >= 4 is 24.5 Å². The molecule has 2 aromatic rings. The molecular weight excluding hydrogens is 341 g/mol. The van der Waals surface area contributed by atoms with Gasteiger partial charge in [-0.25, -0.2) is 0 Å². The Hall–Kier alpha value is -1.62. The van der Waals surface area contributed by atoms with E-state index < -0.39 is 19.2 Å². The molecule has 0 aliphatic carbocycles. The molecule has 0 aliphatic rings. The van der Waals surface area contributed by atoms with Crippen LogP contribution in [-0.2, 0) is 29.6 Å². The standard InChI is InChI=1S/C18H26NO5P/c1-5-22-18(20)17(25(21,23-6-2)24-7-3)11-14-12-19-16-9-8-13(4)10-15(14)16/h8-10,12,17,19H,5-7,11H2,1-4H3. The average molecular weight is 367 g/mol. The van der Waals surface area contributed by atoms with E-state index in [2.05, 4.69) is 4.98 Å². The van der Waals surface area contributed by atoms with Crippen molar-refractivity contribution in [3.05, 3.63) is 35.5 Å². The summed E-state index contributed by atoms with van der Waals surface area (Å²) in [4.78, 5) is 15.7. The molecule has 0 amide bonds. The highest BCUT2D eigenvalue weighted by Gasteiger charge is 2.42. The Morgan fingerprint density at radius 3 is 2.44 bits per heavy atom. The van der Waals surface area contributed by atoms with Crippen molar-refractivity contribution in [1.29, 1.82) is 0 Å². The van der Waals surface area contributed by atoms with Gasteiger partial charge in [0.2, 0.25) is 0 Å². The van der Waals surface area contributed by atoms with Gasteiger partial charge in [0.15, 0.2) is 5.66 Å². The van der Waals surface area contributed by atoms with E-state index >= 15 is 0 Å². The topological polar surface area (TPSA) is 77.6 Å². The first kappa shape index (κ1) is 19.7. The number of benzene rings is 1. The van der Waals surface area contributed by atoms with E-state index in [1.54, 1.807) is 20.8 Å². The number of nitrogens with one attached hydrogen (secondary N) is 1. The maximum Gasteiger partial charge on any atom is 0.345 e. The fraction of sp³-hybridized carbons (Fsp3) is 0.500. The van der Waals surface area contributed by atoms with Crippen molar-refractivity contribution in [2.24, 2.45) is 0 Å². The molecule has 138 valence electrons. The van der Waals surface area contributed by atoms with Crippen molar-refractivity contribution < 1.29 is 23.1 Å². The fourth-order valence-electron chi connectivity index (χ4n) is 2.81. The second kappa shape index (κ2) is 8.65. The number of hydrogen-bond acceptors (Lipinski definition) is 5. The van der Waals surface area contributed by atoms with Crippen LogP contribution in [-0.4, -0.2) is 36.4 Å². The number of aromatic nitrogens is 1. The smallest absolute Gasteiger partial charge is 0.345 e. The van der Waals surface area contributed by atoms with Gasteiger partial charge in [0.1, 0.15) is 0 Å². The van der Waals surface area contributed by atoms with E-state index in [-0.39, 0.29) is 26.2 Å². The summed E-state index contributed by atoms with van der Waals surface area (Å²) in [6, 6.07) is 6.03. The Balaban J connectivity index is 2.42. The molecule has 0 bridgehead atoms. The first-order valence-corrected chi connectivity index (χ1v) is 10.2. The van der Waals surface area contributed by atoms with Gasteiger partial charge >= 0.3 is 13.6 Å². The molecule has 7 heteroatoms. The van der Waals surface area contributed by atoms with Crippen molar-refractivity contribution in [3.8, 4) is 0 Å². The molecule has 1 unspecified atom stereocenters. The summed E-state index contributed by atoms with van der Waals surface area (Å²) in [6.07, 6.45) is 2.05. The molecular formula is C18H26NO5P. The van der Waals surface area contributed by atoms with E-state index in [4.69, 9.17) is 13.8 Å². The summed E-state index contributed by atoms with van der Waals surface area (Å²) in [5.74, 6) is -0.560. The van der Waals surface area contributed by atoms with Gasteiger partial charge in [0.25, 0.3) is 0 Å². The van der Waals surface area contributed by atoms with Crippen molar-refractivity contribution in [2.45, 2.75) is 39.8 Å². The summed E-state index contributed by atoms with van der Waals surface area (Å²) in [5.41, 5.74) is 1.97. The first-order valence-electron chi connectivity index (χ1n) is 8.57. The zero-order chi connectivity index (χ0) is 18.4. The molecule has 6 nitrogen and oxygen atoms in total. The molecule has 1 atom stereocenters. The van der Waals surface area contributed by atoms with Crippen LogP contribution in [0.5, 0.6) is 0 Å². The number of aromatic amines is 1. The van der Waals surface area contributed by atoms with Crippen LogP contribution in [0.25, 0.3) is 10.9 Å². The van der Waals surface area contributed by atoms with Gasteiger partial charge in [-0.1, -0.05) is 11.6 Å². The predicted molar refractivity (Wildman–Crippen MR) is 98.0 cm³/mol. The minimum Gasteiger partial charge on any atom is -0.465 e. The summed E-state index contributed by atoms with van der Waals surface area (Å²) >= 11 is 0. The van der Waals surface area contributed by atoms with Crippen molar-refractivity contribution in [3.63, 3.8) is 0 Å². The zero-order valence-electron chi connectivity index (χ0n) is 15.2. The molecule has 1 aromatic heterocycles. The molecule has 1 heterocycles. The number of hydrogen-bond donors (Lipinski definition) is 1. The van der Waals surface area contributed by atoms with Crippen LogP contribution < -0.4 is 0 Å². The molecule has 1 aromatic carbocycles. The van der Waals surface area contributed by atoms with Gasteiger partial charge in [0, 0.05) is 17.1 Å². The quantitative estimate of drug-likeness (QED) is 0.530. The molecule has 25 heavy (non-hydrogen) atoms. The molecule has 0 radical (unpaired) electrons. The van der Waals surface area contributed by atoms with Crippen LogP contribution in [0.2, 0.25) is 0 Å². The SMILES string of the molecule is CCOC(=O)C(Cc1c[nH]c2ccc(C)cc12)P(=O)(OCC)OCC. The van der Waals surface area contributed by atoms with Crippen molar-refractivity contribution in [2.75, 3.05) is 19.8 Å². The normalized spacial score (nSPS) is 13.1. The van der Waals surface area contributed by atoms with Crippen LogP contribution in [0.15, 0.2) is 24.4 Å². The van der Waals surface area contributed by atoms with Crippen LogP contribution >= 0.6 is 7.60 Å². The van der Waals surface area contributed by atoms with Gasteiger partial charge < -0.3 is 18.8 Å². The Morgan fingerprint density at radius 2 is 1.84 bits per heavy atom. The molecule has 0 fully saturated rings. The van der Waals surface area contributed by atoms with E-state index in [0.717, 1.165) is 22.0 Å². The highest BCUT2D eigenvalue weighted by atomic mass is 31.2. The maximum atomic E-state index is 13.2. The lowest BCUT2D eigenvalue weighted by atomic mass is 10.1. The lowest BCUT2D eigenvalue weighted by molar-refractivity contribution is -0.143. The van der Waals surface area contributed by atoms with Crippen LogP contribution in [0, 0.1) is 6.92 Å². The fourth-order valence-corrected chi connectivity index (χ4v) is 4.72. The summed E-state index contributed by atoms with van der Waals surface area (Å²) in [7, 11) is -3.63. The van der Waals surface area contributed by atoms with E-state index in [9.17, 15) is 9.36 Å². The summed E-state index contributed by atoms with van der Waals surface area (Å²) < 4.78 is 29.2. The van der Waals surface area contributed by atoms with Gasteiger partial charge in [-0.2, -0.15) is 0 Å². The number of rotatable bonds is 9. The molecule has 0 saturated carbocycles. The minimum atomic E-state index is -3.63. The second-order valence-corrected chi connectivity index (χ2v) is 7.93. The largest absolute Gasteiger partial charge is 0.465 e. The number of carbonyl (C=O) groups is 1. The number of esters is 1. The minimum absolute atomic E-state index is 0.195. The Labute approximate surface area is 148 Å². The number of fused-ring (bicyclic) bond motifs is 1. The van der Waals surface area contributed by atoms with Crippen LogP contribution in [0.4, 0.5) is 0 Å². The summed E-state index contributed by atoms with van der Waals surface area (Å²) in [5, 5.41) is 0.994. The molecule has 1 N–H and O–H groups in total. The average Bonchev–Trinajstić information content (AvgIpc) is 2.95. The van der Waals surface area contributed by atoms with E-state index in [1.165, 1.54) is 0 Å². The van der Waals surface area contributed by atoms with Crippen molar-refractivity contribution in [1.82, 2.24) is 4.98 Å². The van der Waals surface area contributed by atoms with Gasteiger partial charge in [-0.05, 0) is 51.8 Å². The highest BCUT2D eigenvalue weighted by Crippen LogP contribution is 2.54. The predicted octanol–water partition coefficient (Wildman–Crippen LogP) is 4.22. The Bertz CT molecular complexity index is 760. The number of H-pyrrole nitrogens is 1. The summed E-state index contributed by atoms with van der Waals surface area (Å²) in [6.45, 7) is 7.77. The molecule has 0 aliphatic heterocycles. The van der Waals surface area contributed by atoms with Crippen LogP contribution in [0.1, 0.15) is 31.9 Å². The molecule has 2 rings (SSSR count). The van der Waals surface area contributed by atoms with E-state index in [0.29, 0.717) is 0 Å². The second-order valence-electron chi connectivity index (χ2n) is 5.71. The lowest BCUT2D eigenvalue weighted by Crippen LogP contribution is -2.28. The number of carbonyl (C=O) groups excluding carboxylic acids is 1. The first-order chi connectivity index (χ1) is 11.9. The molecule has 0 saturated heterocycles. The third-order valence-corrected chi connectivity index (χ3v) is 6.29. The number of ether oxygens (including phenoxy) is 1. The zero-order valence-corrected chi connectivity index (χ0v) is 16.1. The third-order valence-electron chi connectivity index (χ3n) is 3.89.